The van der Waals surface area contributed by atoms with Crippen LogP contribution in [0.3, 0.4) is 0 Å². The summed E-state index contributed by atoms with van der Waals surface area (Å²) < 4.78 is 29.8. The number of carbonyl (C=O) groups excluding carboxylic acids is 1. The number of aryl methyl sites for hydroxylation is 1. The molecule has 0 spiro atoms. The van der Waals surface area contributed by atoms with Crippen LogP contribution >= 0.6 is 23.1 Å². The van der Waals surface area contributed by atoms with Crippen molar-refractivity contribution in [2.45, 2.75) is 24.3 Å². The second kappa shape index (κ2) is 10.0. The second-order valence-corrected chi connectivity index (χ2v) is 9.01. The van der Waals surface area contributed by atoms with Crippen molar-refractivity contribution in [3.8, 4) is 0 Å². The molecular weight excluding hydrogens is 438 g/mol. The smallest absolute Gasteiger partial charge is 0.229 e. The van der Waals surface area contributed by atoms with Gasteiger partial charge < -0.3 is 4.57 Å². The summed E-state index contributed by atoms with van der Waals surface area (Å²) in [4.78, 5) is 24.0. The van der Waals surface area contributed by atoms with Gasteiger partial charge in [0.2, 0.25) is 5.91 Å². The molecule has 0 aliphatic rings. The molecule has 31 heavy (non-hydrogen) atoms. The first-order valence-electron chi connectivity index (χ1n) is 9.80. The maximum absolute atomic E-state index is 14.1. The van der Waals surface area contributed by atoms with Gasteiger partial charge in [0.25, 0.3) is 0 Å². The van der Waals surface area contributed by atoms with Crippen LogP contribution in [-0.2, 0) is 11.3 Å². The van der Waals surface area contributed by atoms with Crippen molar-refractivity contribution in [3.05, 3.63) is 72.8 Å². The van der Waals surface area contributed by atoms with Crippen LogP contribution in [-0.4, -0.2) is 32.7 Å². The predicted octanol–water partition coefficient (Wildman–Crippen LogP) is 5.38. The Morgan fingerprint density at radius 1 is 1.16 bits per heavy atom. The van der Waals surface area contributed by atoms with Crippen LogP contribution in [0.1, 0.15) is 12.8 Å². The Morgan fingerprint density at radius 2 is 2.00 bits per heavy atom. The molecule has 2 aromatic heterocycles. The van der Waals surface area contributed by atoms with E-state index in [1.54, 1.807) is 41.7 Å². The van der Waals surface area contributed by atoms with Gasteiger partial charge in [-0.05, 0) is 42.8 Å². The number of amides is 1. The van der Waals surface area contributed by atoms with Gasteiger partial charge in [0.05, 0.1) is 11.0 Å². The Kier molecular flexibility index (Phi) is 6.93. The molecule has 2 aromatic carbocycles. The standard InChI is InChI=1S/C22H20F2N4OS2/c23-16-5-7-17(8-6-16)30-14-9-20(29)28(12-2-11-27-13-10-25-15-27)22-26-21-18(24)3-1-4-19(21)31-22/h1,3-8,10,13,15H,2,9,11-12,14H2. The number of fused-ring (bicyclic) bond motifs is 1. The molecule has 5 nitrogen and oxygen atoms in total. The number of rotatable bonds is 9. The fraction of sp³-hybridized carbons (Fsp3) is 0.227. The van der Waals surface area contributed by atoms with Crippen molar-refractivity contribution in [1.29, 1.82) is 0 Å². The van der Waals surface area contributed by atoms with Gasteiger partial charge in [-0.25, -0.2) is 18.7 Å². The van der Waals surface area contributed by atoms with Gasteiger partial charge in [0.1, 0.15) is 17.2 Å². The van der Waals surface area contributed by atoms with Crippen LogP contribution in [0.2, 0.25) is 0 Å². The molecule has 160 valence electrons. The van der Waals surface area contributed by atoms with Crippen LogP contribution in [0.25, 0.3) is 10.2 Å². The number of imidazole rings is 1. The molecule has 1 amide bonds. The van der Waals surface area contributed by atoms with Crippen molar-refractivity contribution in [1.82, 2.24) is 14.5 Å². The van der Waals surface area contributed by atoms with E-state index in [9.17, 15) is 13.6 Å². The summed E-state index contributed by atoms with van der Waals surface area (Å²) in [5.74, 6) is -0.188. The lowest BCUT2D eigenvalue weighted by Gasteiger charge is -2.20. The van der Waals surface area contributed by atoms with Gasteiger partial charge in [0, 0.05) is 42.6 Å². The van der Waals surface area contributed by atoms with Gasteiger partial charge >= 0.3 is 0 Å². The van der Waals surface area contributed by atoms with E-state index in [0.717, 1.165) is 4.90 Å². The van der Waals surface area contributed by atoms with E-state index in [0.29, 0.717) is 41.5 Å². The third-order valence-corrected chi connectivity index (χ3v) is 6.70. The van der Waals surface area contributed by atoms with Gasteiger partial charge in [0.15, 0.2) is 5.13 Å². The molecule has 0 atom stereocenters. The monoisotopic (exact) mass is 458 g/mol. The van der Waals surface area contributed by atoms with Crippen LogP contribution in [0.5, 0.6) is 0 Å². The number of hydrogen-bond acceptors (Lipinski definition) is 5. The zero-order valence-electron chi connectivity index (χ0n) is 16.6. The topological polar surface area (TPSA) is 51.0 Å². The van der Waals surface area contributed by atoms with E-state index in [2.05, 4.69) is 9.97 Å². The number of anilines is 1. The molecule has 4 aromatic rings. The molecular formula is C22H20F2N4OS2. The third kappa shape index (κ3) is 5.48. The summed E-state index contributed by atoms with van der Waals surface area (Å²) in [5, 5.41) is 0.502. The maximum Gasteiger partial charge on any atom is 0.229 e. The van der Waals surface area contributed by atoms with Crippen LogP contribution < -0.4 is 4.90 Å². The lowest BCUT2D eigenvalue weighted by Crippen LogP contribution is -2.32. The summed E-state index contributed by atoms with van der Waals surface area (Å²) in [6.45, 7) is 1.19. The number of thioether (sulfide) groups is 1. The average molecular weight is 459 g/mol. The molecule has 0 saturated carbocycles. The minimum atomic E-state index is -0.391. The molecule has 0 fully saturated rings. The number of carbonyl (C=O) groups is 1. The fourth-order valence-electron chi connectivity index (χ4n) is 3.10. The van der Waals surface area contributed by atoms with E-state index < -0.39 is 5.82 Å². The van der Waals surface area contributed by atoms with E-state index in [4.69, 9.17) is 0 Å². The summed E-state index contributed by atoms with van der Waals surface area (Å²) >= 11 is 2.81. The summed E-state index contributed by atoms with van der Waals surface area (Å²) in [6.07, 6.45) is 6.33. The van der Waals surface area contributed by atoms with E-state index in [1.165, 1.54) is 41.3 Å². The van der Waals surface area contributed by atoms with Crippen LogP contribution in [0.15, 0.2) is 66.1 Å². The Labute approximate surface area is 186 Å². The number of halogens is 2. The number of thiazole rings is 1. The molecule has 2 heterocycles. The summed E-state index contributed by atoms with van der Waals surface area (Å²) in [6, 6.07) is 11.0. The van der Waals surface area contributed by atoms with E-state index in [1.807, 2.05) is 10.8 Å². The van der Waals surface area contributed by atoms with Crippen molar-refractivity contribution in [2.75, 3.05) is 17.2 Å². The van der Waals surface area contributed by atoms with Gasteiger partial charge in [-0.3, -0.25) is 9.69 Å². The zero-order chi connectivity index (χ0) is 21.6. The molecule has 9 heteroatoms. The van der Waals surface area contributed by atoms with Crippen molar-refractivity contribution in [2.24, 2.45) is 0 Å². The minimum absolute atomic E-state index is 0.0697. The number of para-hydroxylation sites is 1. The Hall–Kier alpha value is -2.78. The average Bonchev–Trinajstić information content (AvgIpc) is 3.43. The molecule has 0 aliphatic heterocycles. The fourth-order valence-corrected chi connectivity index (χ4v) is 4.96. The first-order valence-corrected chi connectivity index (χ1v) is 11.6. The molecule has 0 aliphatic carbocycles. The molecule has 4 rings (SSSR count). The minimum Gasteiger partial charge on any atom is -0.337 e. The maximum atomic E-state index is 14.1. The number of nitrogens with zero attached hydrogens (tertiary/aromatic N) is 4. The molecule has 0 saturated heterocycles. The quantitative estimate of drug-likeness (QED) is 0.316. The molecule has 0 unspecified atom stereocenters. The lowest BCUT2D eigenvalue weighted by atomic mass is 10.3. The number of aromatic nitrogens is 3. The Balaban J connectivity index is 1.45. The zero-order valence-corrected chi connectivity index (χ0v) is 18.2. The van der Waals surface area contributed by atoms with Gasteiger partial charge in [-0.1, -0.05) is 17.4 Å². The SMILES string of the molecule is O=C(CCSc1ccc(F)cc1)N(CCCn1ccnc1)c1nc2c(F)cccc2s1. The van der Waals surface area contributed by atoms with Crippen molar-refractivity contribution < 1.29 is 13.6 Å². The van der Waals surface area contributed by atoms with E-state index in [-0.39, 0.29) is 17.2 Å². The highest BCUT2D eigenvalue weighted by Crippen LogP contribution is 2.31. The molecule has 0 N–H and O–H groups in total. The predicted molar refractivity (Wildman–Crippen MR) is 121 cm³/mol. The highest BCUT2D eigenvalue weighted by atomic mass is 32.2. The lowest BCUT2D eigenvalue weighted by molar-refractivity contribution is -0.118. The first kappa shape index (κ1) is 21.5. The highest BCUT2D eigenvalue weighted by Gasteiger charge is 2.20. The number of hydrogen-bond donors (Lipinski definition) is 0. The van der Waals surface area contributed by atoms with Crippen molar-refractivity contribution in [3.63, 3.8) is 0 Å². The summed E-state index contributed by atoms with van der Waals surface area (Å²) in [5.41, 5.74) is 0.288. The number of benzene rings is 2. The highest BCUT2D eigenvalue weighted by molar-refractivity contribution is 7.99. The molecule has 0 bridgehead atoms. The largest absolute Gasteiger partial charge is 0.337 e. The normalized spacial score (nSPS) is 11.2. The first-order chi connectivity index (χ1) is 15.1. The second-order valence-electron chi connectivity index (χ2n) is 6.83. The van der Waals surface area contributed by atoms with Gasteiger partial charge in [-0.2, -0.15) is 0 Å². The van der Waals surface area contributed by atoms with Crippen LogP contribution in [0, 0.1) is 11.6 Å². The third-order valence-electron chi connectivity index (χ3n) is 4.65. The van der Waals surface area contributed by atoms with Gasteiger partial charge in [-0.15, -0.1) is 11.8 Å². The van der Waals surface area contributed by atoms with E-state index >= 15 is 0 Å². The van der Waals surface area contributed by atoms with Crippen LogP contribution in [0.4, 0.5) is 13.9 Å². The summed E-state index contributed by atoms with van der Waals surface area (Å²) in [7, 11) is 0. The Bertz CT molecular complexity index is 1150. The Morgan fingerprint density at radius 3 is 2.74 bits per heavy atom. The van der Waals surface area contributed by atoms with Crippen molar-refractivity contribution >= 4 is 44.4 Å². The molecule has 0 radical (unpaired) electrons.